The highest BCUT2D eigenvalue weighted by Crippen LogP contribution is 2.36. The molecule has 7 heteroatoms. The lowest BCUT2D eigenvalue weighted by Gasteiger charge is -2.11. The van der Waals surface area contributed by atoms with Gasteiger partial charge in [0, 0.05) is 41.6 Å². The van der Waals surface area contributed by atoms with E-state index in [4.69, 9.17) is 5.11 Å². The van der Waals surface area contributed by atoms with Gasteiger partial charge in [0.05, 0.1) is 5.56 Å². The van der Waals surface area contributed by atoms with Crippen LogP contribution in [0.25, 0.3) is 22.2 Å². The van der Waals surface area contributed by atoms with E-state index in [1.807, 2.05) is 24.3 Å². The van der Waals surface area contributed by atoms with E-state index in [9.17, 15) is 9.90 Å². The third kappa shape index (κ3) is 3.30. The van der Waals surface area contributed by atoms with Gasteiger partial charge >= 0.3 is 5.97 Å². The van der Waals surface area contributed by atoms with Crippen LogP contribution < -0.4 is 5.32 Å². The van der Waals surface area contributed by atoms with Crippen LogP contribution in [0.2, 0.25) is 0 Å². The number of rotatable bonds is 5. The number of hydrogen-bond acceptors (Lipinski definition) is 5. The van der Waals surface area contributed by atoms with Crippen LogP contribution in [0.15, 0.2) is 61.1 Å². The average Bonchev–Trinajstić information content (AvgIpc) is 3.15. The summed E-state index contributed by atoms with van der Waals surface area (Å²) >= 11 is 0. The molecule has 0 atom stereocenters. The van der Waals surface area contributed by atoms with E-state index in [1.165, 1.54) is 12.1 Å². The molecule has 27 heavy (non-hydrogen) atoms. The molecule has 4 N–H and O–H groups in total. The van der Waals surface area contributed by atoms with Crippen molar-refractivity contribution >= 4 is 22.8 Å². The number of phenols is 1. The number of anilines is 1. The van der Waals surface area contributed by atoms with Gasteiger partial charge in [-0.15, -0.1) is 0 Å². The van der Waals surface area contributed by atoms with E-state index in [2.05, 4.69) is 20.3 Å². The number of nitrogens with zero attached hydrogens (tertiary/aromatic N) is 2. The minimum absolute atomic E-state index is 0.0339. The summed E-state index contributed by atoms with van der Waals surface area (Å²) in [7, 11) is 0. The second-order valence-electron chi connectivity index (χ2n) is 6.04. The molecule has 3 aromatic heterocycles. The second-order valence-corrected chi connectivity index (χ2v) is 6.04. The summed E-state index contributed by atoms with van der Waals surface area (Å²) < 4.78 is 0. The zero-order chi connectivity index (χ0) is 18.8. The zero-order valence-electron chi connectivity index (χ0n) is 14.2. The Morgan fingerprint density at radius 2 is 1.89 bits per heavy atom. The van der Waals surface area contributed by atoms with Crippen molar-refractivity contribution in [3.8, 4) is 16.9 Å². The van der Waals surface area contributed by atoms with Gasteiger partial charge in [-0.3, -0.25) is 4.98 Å². The van der Waals surface area contributed by atoms with Crippen molar-refractivity contribution in [1.29, 1.82) is 0 Å². The third-order valence-electron chi connectivity index (χ3n) is 4.29. The topological polar surface area (TPSA) is 111 Å². The molecule has 0 aliphatic carbocycles. The summed E-state index contributed by atoms with van der Waals surface area (Å²) in [5, 5.41) is 23.6. The van der Waals surface area contributed by atoms with Gasteiger partial charge in [0.25, 0.3) is 0 Å². The molecule has 0 radical (unpaired) electrons. The van der Waals surface area contributed by atoms with Gasteiger partial charge in [0.1, 0.15) is 17.2 Å². The van der Waals surface area contributed by atoms with Gasteiger partial charge < -0.3 is 20.5 Å². The first kappa shape index (κ1) is 16.6. The molecule has 4 rings (SSSR count). The number of aromatic carboxylic acids is 1. The first-order chi connectivity index (χ1) is 13.1. The van der Waals surface area contributed by atoms with Crippen molar-refractivity contribution in [2.45, 2.75) is 6.54 Å². The SMILES string of the molecule is O=C(O)c1ccc(-c2cc(NCc3ccncc3)nc3[nH]ccc23)c(O)c1. The Labute approximate surface area is 154 Å². The molecule has 0 aliphatic rings. The first-order valence-corrected chi connectivity index (χ1v) is 8.29. The Balaban J connectivity index is 1.74. The monoisotopic (exact) mass is 360 g/mol. The van der Waals surface area contributed by atoms with Crippen LogP contribution in [-0.2, 0) is 6.54 Å². The normalized spacial score (nSPS) is 10.8. The van der Waals surface area contributed by atoms with Crippen molar-refractivity contribution < 1.29 is 15.0 Å². The van der Waals surface area contributed by atoms with Crippen LogP contribution >= 0.6 is 0 Å². The summed E-state index contributed by atoms with van der Waals surface area (Å²) in [5.74, 6) is -0.541. The van der Waals surface area contributed by atoms with Crippen molar-refractivity contribution in [1.82, 2.24) is 15.0 Å². The Bertz CT molecular complexity index is 1120. The molecule has 1 aromatic carbocycles. The maximum Gasteiger partial charge on any atom is 0.335 e. The molecule has 3 heterocycles. The van der Waals surface area contributed by atoms with Gasteiger partial charge in [-0.05, 0) is 48.0 Å². The van der Waals surface area contributed by atoms with Crippen LogP contribution in [0.5, 0.6) is 5.75 Å². The number of nitrogens with one attached hydrogen (secondary N) is 2. The quantitative estimate of drug-likeness (QED) is 0.432. The molecule has 0 unspecified atom stereocenters. The lowest BCUT2D eigenvalue weighted by Crippen LogP contribution is -2.02. The highest BCUT2D eigenvalue weighted by Gasteiger charge is 2.14. The second kappa shape index (κ2) is 6.80. The van der Waals surface area contributed by atoms with Gasteiger partial charge in [-0.25, -0.2) is 9.78 Å². The molecule has 0 saturated carbocycles. The predicted molar refractivity (Wildman–Crippen MR) is 102 cm³/mol. The molecule has 0 fully saturated rings. The molecule has 7 nitrogen and oxygen atoms in total. The van der Waals surface area contributed by atoms with E-state index in [-0.39, 0.29) is 11.3 Å². The number of benzene rings is 1. The number of carbonyl (C=O) groups is 1. The molecule has 0 amide bonds. The number of H-pyrrole nitrogens is 1. The van der Waals surface area contributed by atoms with Crippen molar-refractivity contribution in [3.63, 3.8) is 0 Å². The van der Waals surface area contributed by atoms with Crippen molar-refractivity contribution in [3.05, 3.63) is 72.2 Å². The smallest absolute Gasteiger partial charge is 0.335 e. The van der Waals surface area contributed by atoms with E-state index >= 15 is 0 Å². The molecule has 134 valence electrons. The maximum absolute atomic E-state index is 11.1. The molecule has 0 aliphatic heterocycles. The Morgan fingerprint density at radius 3 is 2.63 bits per heavy atom. The van der Waals surface area contributed by atoms with E-state index in [1.54, 1.807) is 24.7 Å². The Kier molecular flexibility index (Phi) is 4.18. The lowest BCUT2D eigenvalue weighted by molar-refractivity contribution is 0.0696. The summed E-state index contributed by atoms with van der Waals surface area (Å²) in [6.07, 6.45) is 5.23. The minimum atomic E-state index is -1.09. The molecule has 4 aromatic rings. The number of hydrogen-bond donors (Lipinski definition) is 4. The van der Waals surface area contributed by atoms with Crippen molar-refractivity contribution in [2.75, 3.05) is 5.32 Å². The lowest BCUT2D eigenvalue weighted by atomic mass is 10.0. The number of fused-ring (bicyclic) bond motifs is 1. The number of aromatic nitrogens is 3. The zero-order valence-corrected chi connectivity index (χ0v) is 14.2. The minimum Gasteiger partial charge on any atom is -0.507 e. The largest absolute Gasteiger partial charge is 0.507 e. The van der Waals surface area contributed by atoms with Gasteiger partial charge in [-0.2, -0.15) is 0 Å². The third-order valence-corrected chi connectivity index (χ3v) is 4.29. The van der Waals surface area contributed by atoms with Gasteiger partial charge in [-0.1, -0.05) is 0 Å². The number of aromatic amines is 1. The number of carboxylic acids is 1. The highest BCUT2D eigenvalue weighted by atomic mass is 16.4. The van der Waals surface area contributed by atoms with Crippen LogP contribution in [0.4, 0.5) is 5.82 Å². The average molecular weight is 360 g/mol. The van der Waals surface area contributed by atoms with E-state index in [0.717, 1.165) is 16.5 Å². The fourth-order valence-electron chi connectivity index (χ4n) is 2.94. The summed E-state index contributed by atoms with van der Waals surface area (Å²) in [6, 6.07) is 11.9. The van der Waals surface area contributed by atoms with E-state index in [0.29, 0.717) is 23.6 Å². The van der Waals surface area contributed by atoms with Crippen LogP contribution in [0.3, 0.4) is 0 Å². The molecule has 0 spiro atoms. The van der Waals surface area contributed by atoms with Gasteiger partial charge in [0.2, 0.25) is 0 Å². The van der Waals surface area contributed by atoms with Crippen molar-refractivity contribution in [2.24, 2.45) is 0 Å². The van der Waals surface area contributed by atoms with Crippen LogP contribution in [0, 0.1) is 0 Å². The number of carboxylic acid groups (broad SMARTS) is 1. The fourth-order valence-corrected chi connectivity index (χ4v) is 2.94. The first-order valence-electron chi connectivity index (χ1n) is 8.29. The number of phenolic OH excluding ortho intramolecular Hbond substituents is 1. The standard InChI is InChI=1S/C20H16N4O3/c25-17-9-13(20(26)27)1-2-14(17)16-10-18(24-19-15(16)5-8-22-19)23-11-12-3-6-21-7-4-12/h1-10,25H,11H2,(H,26,27)(H2,22,23,24). The Morgan fingerprint density at radius 1 is 1.07 bits per heavy atom. The van der Waals surface area contributed by atoms with Crippen LogP contribution in [-0.4, -0.2) is 31.1 Å². The summed E-state index contributed by atoms with van der Waals surface area (Å²) in [5.41, 5.74) is 3.07. The number of aromatic hydroxyl groups is 1. The molecule has 0 bridgehead atoms. The summed E-state index contributed by atoms with van der Waals surface area (Å²) in [4.78, 5) is 22.7. The fraction of sp³-hybridized carbons (Fsp3) is 0.0500. The molecular formula is C20H16N4O3. The molecular weight excluding hydrogens is 344 g/mol. The van der Waals surface area contributed by atoms with E-state index < -0.39 is 5.97 Å². The maximum atomic E-state index is 11.1. The van der Waals surface area contributed by atoms with Crippen LogP contribution in [0.1, 0.15) is 15.9 Å². The highest BCUT2D eigenvalue weighted by molar-refractivity contribution is 5.97. The Hall–Kier alpha value is -3.87. The molecule has 0 saturated heterocycles. The number of pyridine rings is 2. The predicted octanol–water partition coefficient (Wildman–Crippen LogP) is 3.64. The van der Waals surface area contributed by atoms with Gasteiger partial charge in [0.15, 0.2) is 0 Å². The summed E-state index contributed by atoms with van der Waals surface area (Å²) in [6.45, 7) is 0.575.